The fourth-order valence-electron chi connectivity index (χ4n) is 3.47. The third kappa shape index (κ3) is 7.83. The van der Waals surface area contributed by atoms with Crippen molar-refractivity contribution in [3.63, 3.8) is 0 Å². The maximum absolute atomic E-state index is 11.1. The second kappa shape index (κ2) is 13.1. The molecule has 0 aliphatic heterocycles. The zero-order chi connectivity index (χ0) is 24.2. The van der Waals surface area contributed by atoms with E-state index in [9.17, 15) is 9.59 Å². The van der Waals surface area contributed by atoms with Crippen LogP contribution in [0.3, 0.4) is 0 Å². The van der Waals surface area contributed by atoms with Crippen molar-refractivity contribution in [1.82, 2.24) is 0 Å². The molecule has 0 bridgehead atoms. The van der Waals surface area contributed by atoms with Gasteiger partial charge < -0.3 is 18.9 Å². The van der Waals surface area contributed by atoms with E-state index >= 15 is 0 Å². The lowest BCUT2D eigenvalue weighted by atomic mass is 9.87. The molecule has 0 atom stereocenters. The van der Waals surface area contributed by atoms with E-state index in [0.29, 0.717) is 0 Å². The Labute approximate surface area is 195 Å². The molecular formula is C27H32O6. The Hall–Kier alpha value is -3.54. The highest BCUT2D eigenvalue weighted by molar-refractivity contribution is 5.81. The normalized spacial score (nSPS) is 10.4. The van der Waals surface area contributed by atoms with Gasteiger partial charge in [0.25, 0.3) is 0 Å². The fourth-order valence-corrected chi connectivity index (χ4v) is 3.47. The lowest BCUT2D eigenvalue weighted by Gasteiger charge is -2.20. The summed E-state index contributed by atoms with van der Waals surface area (Å²) in [6.07, 6.45) is 3.20. The highest BCUT2D eigenvalue weighted by atomic mass is 16.6. The first-order valence-corrected chi connectivity index (χ1v) is 10.9. The van der Waals surface area contributed by atoms with Crippen LogP contribution in [0, 0.1) is 13.8 Å². The van der Waals surface area contributed by atoms with Crippen LogP contribution in [0.25, 0.3) is 0 Å². The molecule has 33 heavy (non-hydrogen) atoms. The summed E-state index contributed by atoms with van der Waals surface area (Å²) in [5.41, 5.74) is 4.44. The van der Waals surface area contributed by atoms with Gasteiger partial charge in [0.2, 0.25) is 0 Å². The third-order valence-electron chi connectivity index (χ3n) is 5.11. The molecule has 2 aromatic carbocycles. The summed E-state index contributed by atoms with van der Waals surface area (Å²) >= 11 is 0. The Morgan fingerprint density at radius 3 is 1.55 bits per heavy atom. The first-order chi connectivity index (χ1) is 15.9. The molecule has 0 fully saturated rings. The zero-order valence-corrected chi connectivity index (χ0v) is 19.6. The number of carbonyl (C=O) groups is 2. The molecule has 0 amide bonds. The Kier molecular flexibility index (Phi) is 10.2. The SMILES string of the molecule is C=CC(=O)OCCOc1ccc(C(CC)c2ccc(OCCOC(=O)C=C)c(C)c2)cc1C. The quantitative estimate of drug-likeness (QED) is 0.240. The summed E-state index contributed by atoms with van der Waals surface area (Å²) < 4.78 is 21.4. The first-order valence-electron chi connectivity index (χ1n) is 10.9. The van der Waals surface area contributed by atoms with Crippen LogP contribution >= 0.6 is 0 Å². The van der Waals surface area contributed by atoms with Crippen molar-refractivity contribution in [2.45, 2.75) is 33.1 Å². The highest BCUT2D eigenvalue weighted by Crippen LogP contribution is 2.33. The summed E-state index contributed by atoms with van der Waals surface area (Å²) in [6.45, 7) is 13.8. The second-order valence-corrected chi connectivity index (χ2v) is 7.45. The van der Waals surface area contributed by atoms with E-state index < -0.39 is 11.9 Å². The first kappa shape index (κ1) is 25.7. The van der Waals surface area contributed by atoms with E-state index in [4.69, 9.17) is 18.9 Å². The number of benzene rings is 2. The van der Waals surface area contributed by atoms with E-state index in [1.54, 1.807) is 0 Å². The molecule has 0 heterocycles. The van der Waals surface area contributed by atoms with Crippen molar-refractivity contribution in [2.75, 3.05) is 26.4 Å². The highest BCUT2D eigenvalue weighted by Gasteiger charge is 2.15. The van der Waals surface area contributed by atoms with Crippen molar-refractivity contribution >= 4 is 11.9 Å². The molecule has 6 heteroatoms. The van der Waals surface area contributed by atoms with E-state index in [0.717, 1.165) is 41.2 Å². The van der Waals surface area contributed by atoms with Crippen molar-refractivity contribution in [2.24, 2.45) is 0 Å². The number of carbonyl (C=O) groups excluding carboxylic acids is 2. The summed E-state index contributed by atoms with van der Waals surface area (Å²) in [5, 5.41) is 0. The number of ether oxygens (including phenoxy) is 4. The van der Waals surface area contributed by atoms with Gasteiger partial charge in [-0.25, -0.2) is 9.59 Å². The fraction of sp³-hybridized carbons (Fsp3) is 0.333. The van der Waals surface area contributed by atoms with E-state index in [1.165, 1.54) is 11.1 Å². The summed E-state index contributed by atoms with van der Waals surface area (Å²) in [6, 6.07) is 12.3. The van der Waals surface area contributed by atoms with Crippen LogP contribution in [-0.2, 0) is 19.1 Å². The molecule has 0 aromatic heterocycles. The molecule has 0 aliphatic rings. The van der Waals surface area contributed by atoms with Gasteiger partial charge in [0.1, 0.15) is 37.9 Å². The van der Waals surface area contributed by atoms with Crippen molar-refractivity contribution < 1.29 is 28.5 Å². The Morgan fingerprint density at radius 1 is 0.788 bits per heavy atom. The molecule has 0 saturated carbocycles. The number of hydrogen-bond acceptors (Lipinski definition) is 6. The van der Waals surface area contributed by atoms with Gasteiger partial charge in [-0.15, -0.1) is 0 Å². The molecule has 176 valence electrons. The number of hydrogen-bond donors (Lipinski definition) is 0. The lowest BCUT2D eigenvalue weighted by Crippen LogP contribution is -2.11. The van der Waals surface area contributed by atoms with Gasteiger partial charge in [-0.05, 0) is 54.7 Å². The van der Waals surface area contributed by atoms with E-state index in [2.05, 4.69) is 44.3 Å². The van der Waals surface area contributed by atoms with Crippen molar-refractivity contribution in [3.8, 4) is 11.5 Å². The monoisotopic (exact) mass is 452 g/mol. The van der Waals surface area contributed by atoms with Gasteiger partial charge in [0, 0.05) is 18.1 Å². The molecule has 0 aliphatic carbocycles. The minimum absolute atomic E-state index is 0.175. The predicted molar refractivity (Wildman–Crippen MR) is 128 cm³/mol. The Morgan fingerprint density at radius 2 is 1.21 bits per heavy atom. The lowest BCUT2D eigenvalue weighted by molar-refractivity contribution is -0.139. The zero-order valence-electron chi connectivity index (χ0n) is 19.6. The third-order valence-corrected chi connectivity index (χ3v) is 5.11. The van der Waals surface area contributed by atoms with Crippen LogP contribution in [-0.4, -0.2) is 38.4 Å². The van der Waals surface area contributed by atoms with Gasteiger partial charge in [-0.3, -0.25) is 0 Å². The average molecular weight is 453 g/mol. The summed E-state index contributed by atoms with van der Waals surface area (Å²) in [4.78, 5) is 22.2. The van der Waals surface area contributed by atoms with Gasteiger partial charge in [0.05, 0.1) is 0 Å². The second-order valence-electron chi connectivity index (χ2n) is 7.45. The number of aryl methyl sites for hydroxylation is 2. The molecule has 2 aromatic rings. The standard InChI is InChI=1S/C27H32O6/c1-6-23(21-9-11-24(19(4)17-21)30-13-15-32-26(28)7-2)22-10-12-25(20(5)18-22)31-14-16-33-27(29)8-3/h7-12,17-18,23H,2-3,6,13-16H2,1,4-5H3. The minimum Gasteiger partial charge on any atom is -0.490 e. The average Bonchev–Trinajstić information content (AvgIpc) is 2.81. The molecule has 2 rings (SSSR count). The molecule has 0 saturated heterocycles. The van der Waals surface area contributed by atoms with Gasteiger partial charge in [-0.1, -0.05) is 44.3 Å². The molecule has 0 N–H and O–H groups in total. The number of esters is 2. The van der Waals surface area contributed by atoms with Gasteiger partial charge in [0.15, 0.2) is 0 Å². The maximum Gasteiger partial charge on any atom is 0.330 e. The molecule has 0 radical (unpaired) electrons. The van der Waals surface area contributed by atoms with Gasteiger partial charge >= 0.3 is 11.9 Å². The maximum atomic E-state index is 11.1. The van der Waals surface area contributed by atoms with E-state index in [-0.39, 0.29) is 32.3 Å². The summed E-state index contributed by atoms with van der Waals surface area (Å²) in [5.74, 6) is 0.840. The molecule has 0 spiro atoms. The van der Waals surface area contributed by atoms with Crippen LogP contribution in [0.1, 0.15) is 41.5 Å². The smallest absolute Gasteiger partial charge is 0.330 e. The Balaban J connectivity index is 2.02. The molecule has 0 unspecified atom stereocenters. The molecule has 6 nitrogen and oxygen atoms in total. The predicted octanol–water partition coefficient (Wildman–Crippen LogP) is 5.06. The van der Waals surface area contributed by atoms with Crippen LogP contribution in [0.4, 0.5) is 0 Å². The van der Waals surface area contributed by atoms with Crippen LogP contribution in [0.2, 0.25) is 0 Å². The largest absolute Gasteiger partial charge is 0.490 e. The van der Waals surface area contributed by atoms with Crippen molar-refractivity contribution in [3.05, 3.63) is 84.0 Å². The van der Waals surface area contributed by atoms with Crippen LogP contribution < -0.4 is 9.47 Å². The van der Waals surface area contributed by atoms with Crippen LogP contribution in [0.15, 0.2) is 61.7 Å². The van der Waals surface area contributed by atoms with Gasteiger partial charge in [-0.2, -0.15) is 0 Å². The topological polar surface area (TPSA) is 71.1 Å². The Bertz CT molecular complexity index is 901. The minimum atomic E-state index is -0.459. The number of rotatable bonds is 13. The molecular weight excluding hydrogens is 420 g/mol. The van der Waals surface area contributed by atoms with Crippen molar-refractivity contribution in [1.29, 1.82) is 0 Å². The summed E-state index contributed by atoms with van der Waals surface area (Å²) in [7, 11) is 0. The van der Waals surface area contributed by atoms with Crippen LogP contribution in [0.5, 0.6) is 11.5 Å². The van der Waals surface area contributed by atoms with E-state index in [1.807, 2.05) is 26.0 Å².